The summed E-state index contributed by atoms with van der Waals surface area (Å²) in [6.07, 6.45) is -4.56. The molecule has 1 aromatic carbocycles. The van der Waals surface area contributed by atoms with Gasteiger partial charge in [-0.1, -0.05) is 24.3 Å². The molecule has 132 valence electrons. The van der Waals surface area contributed by atoms with Gasteiger partial charge in [-0.2, -0.15) is 18.3 Å². The number of nitrogen functional groups attached to an aromatic ring is 1. The van der Waals surface area contributed by atoms with Gasteiger partial charge in [-0.25, -0.2) is 9.53 Å². The van der Waals surface area contributed by atoms with Gasteiger partial charge < -0.3 is 10.8 Å². The summed E-state index contributed by atoms with van der Waals surface area (Å²) in [7, 11) is 0. The summed E-state index contributed by atoms with van der Waals surface area (Å²) in [5.74, 6) is -2.10. The number of carbonyl (C=O) groups is 1. The molecule has 2 atom stereocenters. The average molecular weight is 352 g/mol. The van der Waals surface area contributed by atoms with Crippen LogP contribution in [-0.4, -0.2) is 27.0 Å². The average Bonchev–Trinajstić information content (AvgIpc) is 2.89. The number of nitrogens with zero attached hydrogens (tertiary/aromatic N) is 3. The number of halogens is 3. The topological polar surface area (TPSA) is 85.5 Å². The van der Waals surface area contributed by atoms with Crippen molar-refractivity contribution in [1.29, 1.82) is 0 Å². The lowest BCUT2D eigenvalue weighted by Crippen LogP contribution is -2.25. The van der Waals surface area contributed by atoms with Gasteiger partial charge in [-0.15, -0.1) is 0 Å². The fraction of sp³-hybridized carbons (Fsp3) is 0.312. The molecule has 6 nitrogen and oxygen atoms in total. The van der Waals surface area contributed by atoms with E-state index in [4.69, 9.17) is 17.4 Å². The van der Waals surface area contributed by atoms with Crippen LogP contribution in [0.15, 0.2) is 24.3 Å². The summed E-state index contributed by atoms with van der Waals surface area (Å²) < 4.78 is 39.4. The van der Waals surface area contributed by atoms with E-state index in [0.29, 0.717) is 15.8 Å². The predicted molar refractivity (Wildman–Crippen MR) is 85.2 cm³/mol. The highest BCUT2D eigenvalue weighted by Crippen LogP contribution is 2.40. The molecular weight excluding hydrogens is 337 g/mol. The second-order valence-electron chi connectivity index (χ2n) is 5.54. The number of alkyl halides is 3. The number of carboxylic acids is 1. The zero-order chi connectivity index (χ0) is 18.9. The van der Waals surface area contributed by atoms with E-state index in [2.05, 4.69) is 9.94 Å². The second kappa shape index (κ2) is 6.47. The highest BCUT2D eigenvalue weighted by molar-refractivity contribution is 5.83. The Morgan fingerprint density at radius 1 is 1.32 bits per heavy atom. The van der Waals surface area contributed by atoms with Gasteiger partial charge in [0.15, 0.2) is 0 Å². The maximum Gasteiger partial charge on any atom is 0.410 e. The first kappa shape index (κ1) is 18.3. The van der Waals surface area contributed by atoms with Crippen molar-refractivity contribution in [2.45, 2.75) is 32.0 Å². The number of benzene rings is 1. The molecule has 2 unspecified atom stereocenters. The normalized spacial score (nSPS) is 13.9. The van der Waals surface area contributed by atoms with Crippen molar-refractivity contribution < 1.29 is 23.1 Å². The quantitative estimate of drug-likeness (QED) is 0.815. The van der Waals surface area contributed by atoms with Crippen LogP contribution in [0.3, 0.4) is 0 Å². The molecule has 0 amide bonds. The largest absolute Gasteiger partial charge is 0.481 e. The number of hydrogen-bond donors (Lipinski definition) is 2. The van der Waals surface area contributed by atoms with Gasteiger partial charge in [0.25, 0.3) is 5.69 Å². The molecular formula is C16H15F3N4O2. The number of hydrogen-bond acceptors (Lipinski definition) is 3. The lowest BCUT2D eigenvalue weighted by Gasteiger charge is -2.17. The third kappa shape index (κ3) is 3.42. The van der Waals surface area contributed by atoms with Crippen LogP contribution in [0.5, 0.6) is 0 Å². The van der Waals surface area contributed by atoms with Crippen LogP contribution >= 0.6 is 0 Å². The molecule has 2 rings (SSSR count). The number of aliphatic carboxylic acids is 1. The summed E-state index contributed by atoms with van der Waals surface area (Å²) >= 11 is 0. The summed E-state index contributed by atoms with van der Waals surface area (Å²) in [6.45, 7) is 9.60. The van der Waals surface area contributed by atoms with Crippen molar-refractivity contribution in [2.75, 3.05) is 5.73 Å². The van der Waals surface area contributed by atoms with Crippen LogP contribution < -0.4 is 5.73 Å². The van der Waals surface area contributed by atoms with Gasteiger partial charge in [-0.3, -0.25) is 4.79 Å². The Labute approximate surface area is 141 Å². The Bertz CT molecular complexity index is 835. The SMILES string of the molecule is [C-]#[N+]c1c(-c2ccc(C(C)C(=O)O)cc2)nn(C(C)C(F)(F)F)c1N. The minimum absolute atomic E-state index is 0.0260. The second-order valence-corrected chi connectivity index (χ2v) is 5.54. The van der Waals surface area contributed by atoms with Gasteiger partial charge in [0, 0.05) is 0 Å². The van der Waals surface area contributed by atoms with Crippen molar-refractivity contribution in [1.82, 2.24) is 9.78 Å². The van der Waals surface area contributed by atoms with Crippen LogP contribution in [0.25, 0.3) is 16.1 Å². The van der Waals surface area contributed by atoms with Crippen LogP contribution in [0.4, 0.5) is 24.7 Å². The van der Waals surface area contributed by atoms with E-state index in [-0.39, 0.29) is 17.2 Å². The molecule has 0 fully saturated rings. The van der Waals surface area contributed by atoms with E-state index in [1.165, 1.54) is 31.2 Å². The molecule has 0 aliphatic rings. The van der Waals surface area contributed by atoms with E-state index in [1.807, 2.05) is 0 Å². The molecule has 2 aromatic rings. The Hall–Kier alpha value is -3.02. The Balaban J connectivity index is 2.50. The van der Waals surface area contributed by atoms with E-state index in [1.54, 1.807) is 0 Å². The third-order valence-corrected chi connectivity index (χ3v) is 3.93. The van der Waals surface area contributed by atoms with Crippen LogP contribution in [0.1, 0.15) is 31.4 Å². The molecule has 0 saturated heterocycles. The molecule has 0 aliphatic heterocycles. The van der Waals surface area contributed by atoms with Crippen molar-refractivity contribution in [2.24, 2.45) is 0 Å². The van der Waals surface area contributed by atoms with Crippen molar-refractivity contribution in [3.05, 3.63) is 41.2 Å². The van der Waals surface area contributed by atoms with Crippen LogP contribution in [0.2, 0.25) is 0 Å². The molecule has 0 bridgehead atoms. The van der Waals surface area contributed by atoms with Crippen LogP contribution in [-0.2, 0) is 4.79 Å². The molecule has 9 heteroatoms. The van der Waals surface area contributed by atoms with Crippen molar-refractivity contribution in [3.8, 4) is 11.3 Å². The van der Waals surface area contributed by atoms with Crippen LogP contribution in [0, 0.1) is 6.57 Å². The monoisotopic (exact) mass is 352 g/mol. The predicted octanol–water partition coefficient (Wildman–Crippen LogP) is 3.99. The lowest BCUT2D eigenvalue weighted by atomic mass is 9.99. The van der Waals surface area contributed by atoms with E-state index in [0.717, 1.165) is 6.92 Å². The maximum absolute atomic E-state index is 12.9. The summed E-state index contributed by atoms with van der Waals surface area (Å²) in [6, 6.07) is 4.10. The summed E-state index contributed by atoms with van der Waals surface area (Å²) in [4.78, 5) is 14.2. The van der Waals surface area contributed by atoms with Gasteiger partial charge in [-0.05, 0) is 25.0 Å². The maximum atomic E-state index is 12.9. The molecule has 1 heterocycles. The molecule has 0 spiro atoms. The first-order chi connectivity index (χ1) is 11.6. The fourth-order valence-corrected chi connectivity index (χ4v) is 2.25. The van der Waals surface area contributed by atoms with Gasteiger partial charge in [0.1, 0.15) is 17.6 Å². The number of anilines is 1. The Morgan fingerprint density at radius 2 is 1.88 bits per heavy atom. The van der Waals surface area contributed by atoms with Gasteiger partial charge >= 0.3 is 12.1 Å². The molecule has 0 saturated carbocycles. The van der Waals surface area contributed by atoms with Gasteiger partial charge in [0.2, 0.25) is 0 Å². The standard InChI is InChI=1S/C16H15F3N4O2/c1-8(15(24)25)10-4-6-11(7-5-10)12-13(21-3)14(20)23(22-12)9(2)16(17,18)19/h4-9H,20H2,1-2H3,(H,24,25). The highest BCUT2D eigenvalue weighted by Gasteiger charge is 2.40. The van der Waals surface area contributed by atoms with E-state index < -0.39 is 24.1 Å². The number of rotatable bonds is 4. The first-order valence-corrected chi connectivity index (χ1v) is 7.23. The number of nitrogens with two attached hydrogens (primary N) is 1. The van der Waals surface area contributed by atoms with Gasteiger partial charge in [0.05, 0.1) is 12.5 Å². The summed E-state index contributed by atoms with van der Waals surface area (Å²) in [5, 5.41) is 12.9. The molecule has 0 radical (unpaired) electrons. The number of aromatic nitrogens is 2. The molecule has 3 N–H and O–H groups in total. The Kier molecular flexibility index (Phi) is 4.74. The molecule has 25 heavy (non-hydrogen) atoms. The van der Waals surface area contributed by atoms with E-state index >= 15 is 0 Å². The molecule has 0 aliphatic carbocycles. The fourth-order valence-electron chi connectivity index (χ4n) is 2.25. The Morgan fingerprint density at radius 3 is 2.32 bits per heavy atom. The smallest absolute Gasteiger partial charge is 0.410 e. The minimum atomic E-state index is -4.56. The van der Waals surface area contributed by atoms with E-state index in [9.17, 15) is 18.0 Å². The minimum Gasteiger partial charge on any atom is -0.481 e. The molecule has 1 aromatic heterocycles. The highest BCUT2D eigenvalue weighted by atomic mass is 19.4. The zero-order valence-electron chi connectivity index (χ0n) is 13.4. The zero-order valence-corrected chi connectivity index (χ0v) is 13.4. The summed E-state index contributed by atoms with van der Waals surface area (Å²) in [5.41, 5.74) is 6.44. The van der Waals surface area contributed by atoms with Crippen molar-refractivity contribution >= 4 is 17.5 Å². The number of carboxylic acid groups (broad SMARTS) is 1. The van der Waals surface area contributed by atoms with Crippen molar-refractivity contribution in [3.63, 3.8) is 0 Å². The third-order valence-electron chi connectivity index (χ3n) is 3.93. The first-order valence-electron chi connectivity index (χ1n) is 7.23. The lowest BCUT2D eigenvalue weighted by molar-refractivity contribution is -0.164.